The second kappa shape index (κ2) is 7.03. The van der Waals surface area contributed by atoms with Gasteiger partial charge in [-0.2, -0.15) is 0 Å². The van der Waals surface area contributed by atoms with Gasteiger partial charge in [0.05, 0.1) is 11.8 Å². The van der Waals surface area contributed by atoms with Crippen LogP contribution >= 0.6 is 11.3 Å². The zero-order valence-electron chi connectivity index (χ0n) is 12.7. The summed E-state index contributed by atoms with van der Waals surface area (Å²) >= 11 is 1.45. The van der Waals surface area contributed by atoms with Crippen LogP contribution in [0.3, 0.4) is 0 Å². The minimum Gasteiger partial charge on any atom is -0.378 e. The molecule has 3 rings (SSSR count). The molecule has 1 aliphatic heterocycles. The van der Waals surface area contributed by atoms with Crippen LogP contribution in [-0.4, -0.2) is 30.1 Å². The van der Waals surface area contributed by atoms with E-state index >= 15 is 0 Å². The molecular weight excluding hydrogens is 296 g/mol. The van der Waals surface area contributed by atoms with Crippen LogP contribution in [0.1, 0.15) is 34.6 Å². The van der Waals surface area contributed by atoms with Crippen molar-refractivity contribution in [2.45, 2.75) is 32.3 Å². The fourth-order valence-electron chi connectivity index (χ4n) is 2.61. The van der Waals surface area contributed by atoms with Gasteiger partial charge in [0, 0.05) is 18.7 Å². The first-order valence-corrected chi connectivity index (χ1v) is 8.48. The van der Waals surface area contributed by atoms with E-state index in [0.717, 1.165) is 42.1 Å². The van der Waals surface area contributed by atoms with Crippen molar-refractivity contribution in [1.82, 2.24) is 10.3 Å². The van der Waals surface area contributed by atoms with E-state index in [1.807, 2.05) is 37.3 Å². The number of benzene rings is 1. The summed E-state index contributed by atoms with van der Waals surface area (Å²) in [6, 6.07) is 9.96. The molecule has 116 valence electrons. The normalized spacial score (nSPS) is 17.6. The largest absolute Gasteiger partial charge is 0.378 e. The monoisotopic (exact) mass is 316 g/mol. The second-order valence-corrected chi connectivity index (χ2v) is 6.48. The highest BCUT2D eigenvalue weighted by molar-refractivity contribution is 7.17. The number of rotatable bonds is 5. The van der Waals surface area contributed by atoms with Gasteiger partial charge in [-0.15, -0.1) is 11.3 Å². The third kappa shape index (κ3) is 3.54. The Bertz CT molecular complexity index is 633. The van der Waals surface area contributed by atoms with Crippen molar-refractivity contribution in [3.05, 3.63) is 40.9 Å². The lowest BCUT2D eigenvalue weighted by molar-refractivity contribution is 0.0910. The molecule has 22 heavy (non-hydrogen) atoms. The molecule has 2 aromatic rings. The Morgan fingerprint density at radius 1 is 1.41 bits per heavy atom. The van der Waals surface area contributed by atoms with Crippen molar-refractivity contribution >= 4 is 17.2 Å². The van der Waals surface area contributed by atoms with E-state index in [0.29, 0.717) is 17.5 Å². The number of carbonyl (C=O) groups excluding carboxylic acids is 1. The van der Waals surface area contributed by atoms with Crippen LogP contribution in [0, 0.1) is 6.92 Å². The lowest BCUT2D eigenvalue weighted by Crippen LogP contribution is -2.26. The third-order valence-electron chi connectivity index (χ3n) is 3.80. The maximum Gasteiger partial charge on any atom is 0.263 e. The number of ether oxygens (including phenoxy) is 1. The maximum atomic E-state index is 12.3. The van der Waals surface area contributed by atoms with E-state index < -0.39 is 0 Å². The molecule has 0 bridgehead atoms. The smallest absolute Gasteiger partial charge is 0.263 e. The summed E-state index contributed by atoms with van der Waals surface area (Å²) in [5.41, 5.74) is 1.84. The first-order valence-electron chi connectivity index (χ1n) is 7.66. The molecule has 0 unspecified atom stereocenters. The molecule has 1 aromatic heterocycles. The van der Waals surface area contributed by atoms with Crippen LogP contribution in [0.2, 0.25) is 0 Å². The van der Waals surface area contributed by atoms with Crippen LogP contribution in [-0.2, 0) is 4.74 Å². The highest BCUT2D eigenvalue weighted by Crippen LogP contribution is 2.27. The van der Waals surface area contributed by atoms with Crippen LogP contribution in [0.25, 0.3) is 10.6 Å². The molecule has 2 heterocycles. The number of aryl methyl sites for hydroxylation is 1. The first kappa shape index (κ1) is 15.2. The highest BCUT2D eigenvalue weighted by Gasteiger charge is 2.18. The van der Waals surface area contributed by atoms with Gasteiger partial charge in [0.15, 0.2) is 0 Å². The zero-order valence-corrected chi connectivity index (χ0v) is 13.5. The number of nitrogens with one attached hydrogen (secondary N) is 1. The van der Waals surface area contributed by atoms with Crippen LogP contribution in [0.4, 0.5) is 0 Å². The van der Waals surface area contributed by atoms with Crippen molar-refractivity contribution in [2.24, 2.45) is 0 Å². The van der Waals surface area contributed by atoms with E-state index in [4.69, 9.17) is 4.74 Å². The van der Waals surface area contributed by atoms with E-state index in [9.17, 15) is 4.79 Å². The Kier molecular flexibility index (Phi) is 4.85. The summed E-state index contributed by atoms with van der Waals surface area (Å²) in [5.74, 6) is -0.0322. The number of amides is 1. The number of thiazole rings is 1. The van der Waals surface area contributed by atoms with Gasteiger partial charge in [-0.05, 0) is 26.2 Å². The lowest BCUT2D eigenvalue weighted by Gasteiger charge is -2.09. The Morgan fingerprint density at radius 2 is 2.23 bits per heavy atom. The number of carbonyl (C=O) groups is 1. The van der Waals surface area contributed by atoms with Gasteiger partial charge < -0.3 is 10.1 Å². The van der Waals surface area contributed by atoms with Gasteiger partial charge >= 0.3 is 0 Å². The van der Waals surface area contributed by atoms with Crippen molar-refractivity contribution in [3.8, 4) is 10.6 Å². The summed E-state index contributed by atoms with van der Waals surface area (Å²) in [6.07, 6.45) is 3.43. The highest BCUT2D eigenvalue weighted by atomic mass is 32.1. The molecule has 1 N–H and O–H groups in total. The van der Waals surface area contributed by atoms with Gasteiger partial charge in [-0.1, -0.05) is 30.3 Å². The Morgan fingerprint density at radius 3 is 2.95 bits per heavy atom. The van der Waals surface area contributed by atoms with Crippen molar-refractivity contribution in [2.75, 3.05) is 13.2 Å². The van der Waals surface area contributed by atoms with Crippen molar-refractivity contribution < 1.29 is 9.53 Å². The molecule has 5 heteroatoms. The fraction of sp³-hybridized carbons (Fsp3) is 0.412. The average Bonchev–Trinajstić information content (AvgIpc) is 3.17. The molecular formula is C17H20N2O2S. The third-order valence-corrected chi connectivity index (χ3v) is 5.00. The Balaban J connectivity index is 1.61. The van der Waals surface area contributed by atoms with Gasteiger partial charge in [-0.25, -0.2) is 4.98 Å². The minimum atomic E-state index is -0.0322. The molecule has 0 spiro atoms. The number of hydrogen-bond acceptors (Lipinski definition) is 4. The molecule has 1 atom stereocenters. The zero-order chi connectivity index (χ0) is 15.4. The first-order chi connectivity index (χ1) is 10.7. The van der Waals surface area contributed by atoms with Crippen molar-refractivity contribution in [3.63, 3.8) is 0 Å². The predicted molar refractivity (Wildman–Crippen MR) is 88.2 cm³/mol. The number of hydrogen-bond donors (Lipinski definition) is 1. The predicted octanol–water partition coefficient (Wildman–Crippen LogP) is 3.42. The standard InChI is InChI=1S/C17H20N2O2S/c1-12-15(16(20)18-10-9-14-8-5-11-21-14)22-17(19-12)13-6-3-2-4-7-13/h2-4,6-7,14H,5,8-11H2,1H3,(H,18,20)/t14-/m0/s1. The number of nitrogens with zero attached hydrogens (tertiary/aromatic N) is 1. The SMILES string of the molecule is Cc1nc(-c2ccccc2)sc1C(=O)NCC[C@@H]1CCCO1. The van der Waals surface area contributed by atoms with Gasteiger partial charge in [0.2, 0.25) is 0 Å². The summed E-state index contributed by atoms with van der Waals surface area (Å²) < 4.78 is 5.57. The van der Waals surface area contributed by atoms with Gasteiger partial charge in [0.1, 0.15) is 9.88 Å². The van der Waals surface area contributed by atoms with E-state index in [1.54, 1.807) is 0 Å². The van der Waals surface area contributed by atoms with Crippen LogP contribution < -0.4 is 5.32 Å². The van der Waals surface area contributed by atoms with Crippen LogP contribution in [0.15, 0.2) is 30.3 Å². The Labute approximate surface area is 134 Å². The van der Waals surface area contributed by atoms with Crippen molar-refractivity contribution in [1.29, 1.82) is 0 Å². The molecule has 4 nitrogen and oxygen atoms in total. The van der Waals surface area contributed by atoms with Gasteiger partial charge in [0.25, 0.3) is 5.91 Å². The summed E-state index contributed by atoms with van der Waals surface area (Å²) in [7, 11) is 0. The summed E-state index contributed by atoms with van der Waals surface area (Å²) in [5, 5.41) is 3.87. The topological polar surface area (TPSA) is 51.2 Å². The molecule has 1 amide bonds. The summed E-state index contributed by atoms with van der Waals surface area (Å²) in [6.45, 7) is 3.40. The quantitative estimate of drug-likeness (QED) is 0.919. The maximum absolute atomic E-state index is 12.3. The minimum absolute atomic E-state index is 0.0322. The Hall–Kier alpha value is -1.72. The molecule has 0 radical (unpaired) electrons. The van der Waals surface area contributed by atoms with Gasteiger partial charge in [-0.3, -0.25) is 4.79 Å². The number of aromatic nitrogens is 1. The molecule has 1 saturated heterocycles. The molecule has 1 aliphatic rings. The van der Waals surface area contributed by atoms with E-state index in [-0.39, 0.29) is 5.91 Å². The van der Waals surface area contributed by atoms with Crippen LogP contribution in [0.5, 0.6) is 0 Å². The van der Waals surface area contributed by atoms with E-state index in [1.165, 1.54) is 11.3 Å². The lowest BCUT2D eigenvalue weighted by atomic mass is 10.2. The molecule has 0 aliphatic carbocycles. The van der Waals surface area contributed by atoms with E-state index in [2.05, 4.69) is 10.3 Å². The second-order valence-electron chi connectivity index (χ2n) is 5.48. The molecule has 1 aromatic carbocycles. The summed E-state index contributed by atoms with van der Waals surface area (Å²) in [4.78, 5) is 17.5. The molecule has 1 fully saturated rings. The molecule has 0 saturated carbocycles. The fourth-order valence-corrected chi connectivity index (χ4v) is 3.60. The average molecular weight is 316 g/mol.